The van der Waals surface area contributed by atoms with Crippen molar-refractivity contribution in [2.24, 2.45) is 0 Å². The normalized spacial score (nSPS) is 26.6. The monoisotopic (exact) mass is 343 g/mol. The minimum atomic E-state index is 0.151. The summed E-state index contributed by atoms with van der Waals surface area (Å²) >= 11 is 0. The second kappa shape index (κ2) is 6.17. The van der Waals surface area contributed by atoms with Crippen molar-refractivity contribution in [1.29, 1.82) is 0 Å². The van der Waals surface area contributed by atoms with Crippen LogP contribution in [0.3, 0.4) is 0 Å². The first-order valence-corrected chi connectivity index (χ1v) is 9.38. The van der Waals surface area contributed by atoms with E-state index in [1.807, 2.05) is 0 Å². The third kappa shape index (κ3) is 3.08. The van der Waals surface area contributed by atoms with Crippen molar-refractivity contribution < 1.29 is 4.74 Å². The van der Waals surface area contributed by atoms with Crippen molar-refractivity contribution in [3.63, 3.8) is 0 Å². The van der Waals surface area contributed by atoms with Crippen LogP contribution < -0.4 is 0 Å². The van der Waals surface area contributed by atoms with Gasteiger partial charge in [-0.25, -0.2) is 4.98 Å². The zero-order chi connectivity index (χ0) is 16.8. The molecule has 8 nitrogen and oxygen atoms in total. The molecule has 1 aliphatic heterocycles. The van der Waals surface area contributed by atoms with E-state index in [-0.39, 0.29) is 6.10 Å². The van der Waals surface area contributed by atoms with Crippen LogP contribution in [0.1, 0.15) is 67.5 Å². The standard InChI is InChI=1S/C17H25N7O/c1-23(8-14-13(6-7-25-14)16-18-10-19-21-16)9-15-20-22-17(11-2-3-11)24(15)12-4-5-12/h10-14H,2-9H2,1H3,(H,18,19,21)/t13-,14-/m1/s1. The predicted octanol–water partition coefficient (Wildman–Crippen LogP) is 1.61. The Bertz CT molecular complexity index is 719. The van der Waals surface area contributed by atoms with Crippen LogP contribution in [-0.2, 0) is 11.3 Å². The summed E-state index contributed by atoms with van der Waals surface area (Å²) in [4.78, 5) is 6.63. The molecular formula is C17H25N7O. The van der Waals surface area contributed by atoms with Gasteiger partial charge in [0.25, 0.3) is 0 Å². The molecule has 3 fully saturated rings. The van der Waals surface area contributed by atoms with Crippen molar-refractivity contribution >= 4 is 0 Å². The predicted molar refractivity (Wildman–Crippen MR) is 90.1 cm³/mol. The Hall–Kier alpha value is -1.80. The summed E-state index contributed by atoms with van der Waals surface area (Å²) < 4.78 is 8.40. The highest BCUT2D eigenvalue weighted by Crippen LogP contribution is 2.44. The molecule has 1 saturated heterocycles. The fourth-order valence-corrected chi connectivity index (χ4v) is 3.94. The number of nitrogens with one attached hydrogen (secondary N) is 1. The average molecular weight is 343 g/mol. The molecule has 25 heavy (non-hydrogen) atoms. The SMILES string of the molecule is CN(Cc1nnc(C2CC2)n1C1CC1)C[C@H]1OCC[C@H]1c1ncn[nH]1. The van der Waals surface area contributed by atoms with E-state index < -0.39 is 0 Å². The molecule has 2 saturated carbocycles. The van der Waals surface area contributed by atoms with E-state index in [9.17, 15) is 0 Å². The molecule has 0 amide bonds. The Morgan fingerprint density at radius 1 is 1.24 bits per heavy atom. The second-order valence-corrected chi connectivity index (χ2v) is 7.72. The number of nitrogens with zero attached hydrogens (tertiary/aromatic N) is 6. The van der Waals surface area contributed by atoms with E-state index >= 15 is 0 Å². The molecule has 2 atom stereocenters. The molecule has 2 aliphatic carbocycles. The maximum atomic E-state index is 5.97. The fourth-order valence-electron chi connectivity index (χ4n) is 3.94. The maximum absolute atomic E-state index is 5.97. The molecule has 134 valence electrons. The lowest BCUT2D eigenvalue weighted by atomic mass is 10.0. The smallest absolute Gasteiger partial charge is 0.147 e. The zero-order valence-corrected chi connectivity index (χ0v) is 14.6. The van der Waals surface area contributed by atoms with Crippen molar-refractivity contribution in [3.05, 3.63) is 23.8 Å². The number of rotatable bonds is 7. The second-order valence-electron chi connectivity index (χ2n) is 7.72. The van der Waals surface area contributed by atoms with Gasteiger partial charge in [-0.1, -0.05) is 0 Å². The van der Waals surface area contributed by atoms with Gasteiger partial charge in [-0.05, 0) is 39.2 Å². The molecular weight excluding hydrogens is 318 g/mol. The van der Waals surface area contributed by atoms with Gasteiger partial charge in [-0.3, -0.25) is 10.00 Å². The summed E-state index contributed by atoms with van der Waals surface area (Å²) in [6.45, 7) is 2.47. The van der Waals surface area contributed by atoms with Gasteiger partial charge in [0.15, 0.2) is 0 Å². The first-order valence-electron chi connectivity index (χ1n) is 9.38. The van der Waals surface area contributed by atoms with Gasteiger partial charge in [-0.15, -0.1) is 10.2 Å². The Labute approximate surface area is 147 Å². The first-order chi connectivity index (χ1) is 12.3. The fraction of sp³-hybridized carbons (Fsp3) is 0.765. The van der Waals surface area contributed by atoms with Crippen molar-refractivity contribution in [2.45, 2.75) is 62.6 Å². The number of aromatic nitrogens is 6. The van der Waals surface area contributed by atoms with E-state index in [1.54, 1.807) is 6.33 Å². The quantitative estimate of drug-likeness (QED) is 0.822. The summed E-state index contributed by atoms with van der Waals surface area (Å²) in [6.07, 6.45) is 7.81. The topological polar surface area (TPSA) is 84.8 Å². The third-order valence-corrected chi connectivity index (χ3v) is 5.54. The zero-order valence-electron chi connectivity index (χ0n) is 14.6. The molecule has 2 aromatic heterocycles. The van der Waals surface area contributed by atoms with Crippen LogP contribution in [0, 0.1) is 0 Å². The van der Waals surface area contributed by atoms with E-state index in [2.05, 4.69) is 41.9 Å². The molecule has 3 heterocycles. The van der Waals surface area contributed by atoms with Gasteiger partial charge in [0.1, 0.15) is 23.8 Å². The largest absolute Gasteiger partial charge is 0.376 e. The minimum Gasteiger partial charge on any atom is -0.376 e. The van der Waals surface area contributed by atoms with Crippen LogP contribution in [0.2, 0.25) is 0 Å². The lowest BCUT2D eigenvalue weighted by Crippen LogP contribution is -2.32. The van der Waals surface area contributed by atoms with Crippen LogP contribution in [0.15, 0.2) is 6.33 Å². The molecule has 0 radical (unpaired) electrons. The molecule has 8 heteroatoms. The molecule has 0 unspecified atom stereocenters. The first kappa shape index (κ1) is 15.5. The number of hydrogen-bond acceptors (Lipinski definition) is 6. The Morgan fingerprint density at radius 3 is 2.84 bits per heavy atom. The van der Waals surface area contributed by atoms with Crippen molar-refractivity contribution in [1.82, 2.24) is 34.8 Å². The Kier molecular flexibility index (Phi) is 3.82. The summed E-state index contributed by atoms with van der Waals surface area (Å²) in [5.74, 6) is 4.23. The maximum Gasteiger partial charge on any atom is 0.147 e. The minimum absolute atomic E-state index is 0.151. The molecule has 5 rings (SSSR count). The Balaban J connectivity index is 1.27. The summed E-state index contributed by atoms with van der Waals surface area (Å²) in [6, 6.07) is 0.638. The van der Waals surface area contributed by atoms with Gasteiger partial charge in [0, 0.05) is 31.0 Å². The number of H-pyrrole nitrogens is 1. The molecule has 0 aromatic carbocycles. The molecule has 0 bridgehead atoms. The van der Waals surface area contributed by atoms with Crippen LogP contribution in [0.25, 0.3) is 0 Å². The van der Waals surface area contributed by atoms with Crippen LogP contribution in [0.5, 0.6) is 0 Å². The van der Waals surface area contributed by atoms with Crippen LogP contribution in [0.4, 0.5) is 0 Å². The highest BCUT2D eigenvalue weighted by molar-refractivity contribution is 5.12. The number of aromatic amines is 1. The molecule has 0 spiro atoms. The van der Waals surface area contributed by atoms with Gasteiger partial charge >= 0.3 is 0 Å². The molecule has 1 N–H and O–H groups in total. The van der Waals surface area contributed by atoms with E-state index in [0.29, 0.717) is 17.9 Å². The molecule has 2 aromatic rings. The van der Waals surface area contributed by atoms with Gasteiger partial charge in [0.05, 0.1) is 12.6 Å². The number of ether oxygens (including phenoxy) is 1. The van der Waals surface area contributed by atoms with Gasteiger partial charge in [0.2, 0.25) is 0 Å². The van der Waals surface area contributed by atoms with E-state index in [1.165, 1.54) is 31.5 Å². The molecule has 3 aliphatic rings. The number of likely N-dealkylation sites (N-methyl/N-ethyl adjacent to an activating group) is 1. The highest BCUT2D eigenvalue weighted by Gasteiger charge is 2.37. The van der Waals surface area contributed by atoms with Gasteiger partial charge < -0.3 is 9.30 Å². The van der Waals surface area contributed by atoms with Crippen LogP contribution in [-0.4, -0.2) is 61.1 Å². The average Bonchev–Trinajstić information content (AvgIpc) is 3.47. The number of hydrogen-bond donors (Lipinski definition) is 1. The summed E-state index contributed by atoms with van der Waals surface area (Å²) in [5, 5.41) is 16.0. The van der Waals surface area contributed by atoms with Crippen molar-refractivity contribution in [3.8, 4) is 0 Å². The summed E-state index contributed by atoms with van der Waals surface area (Å²) in [5.41, 5.74) is 0. The van der Waals surface area contributed by atoms with Crippen LogP contribution >= 0.6 is 0 Å². The van der Waals surface area contributed by atoms with Gasteiger partial charge in [-0.2, -0.15) is 5.10 Å². The third-order valence-electron chi connectivity index (χ3n) is 5.54. The lowest BCUT2D eigenvalue weighted by molar-refractivity contribution is 0.0701. The Morgan fingerprint density at radius 2 is 2.12 bits per heavy atom. The van der Waals surface area contributed by atoms with Crippen molar-refractivity contribution in [2.75, 3.05) is 20.2 Å². The summed E-state index contributed by atoms with van der Waals surface area (Å²) in [7, 11) is 2.14. The van der Waals surface area contributed by atoms with E-state index in [0.717, 1.165) is 37.8 Å². The highest BCUT2D eigenvalue weighted by atomic mass is 16.5. The van der Waals surface area contributed by atoms with E-state index in [4.69, 9.17) is 4.74 Å². The lowest BCUT2D eigenvalue weighted by Gasteiger charge is -2.23.